The smallest absolute Gasteiger partial charge is 0.113 e. The van der Waals surface area contributed by atoms with Gasteiger partial charge in [-0.3, -0.25) is 0 Å². The fourth-order valence-electron chi connectivity index (χ4n) is 1.32. The van der Waals surface area contributed by atoms with Crippen molar-refractivity contribution in [3.05, 3.63) is 24.3 Å². The van der Waals surface area contributed by atoms with Crippen molar-refractivity contribution < 1.29 is 0 Å². The molecule has 2 N–H and O–H groups in total. The number of benzene rings is 1. The van der Waals surface area contributed by atoms with E-state index in [1.54, 1.807) is 0 Å². The van der Waals surface area contributed by atoms with Crippen LogP contribution in [0.4, 0.5) is 0 Å². The lowest BCUT2D eigenvalue weighted by Gasteiger charge is -1.98. The molecule has 1 heterocycles. The molecule has 0 saturated heterocycles. The molecule has 2 rings (SSSR count). The van der Waals surface area contributed by atoms with Crippen LogP contribution in [-0.2, 0) is 6.54 Å². The minimum Gasteiger partial charge on any atom is -0.330 e. The van der Waals surface area contributed by atoms with Gasteiger partial charge < -0.3 is 5.73 Å². The van der Waals surface area contributed by atoms with Gasteiger partial charge in [0.05, 0.1) is 5.52 Å². The molecule has 0 amide bonds. The Morgan fingerprint density at radius 2 is 2.07 bits per heavy atom. The van der Waals surface area contributed by atoms with Crippen molar-refractivity contribution in [2.24, 2.45) is 5.73 Å². The average Bonchev–Trinajstić information content (AvgIpc) is 2.58. The van der Waals surface area contributed by atoms with Gasteiger partial charge in [-0.15, -0.1) is 17.5 Å². The third-order valence-corrected chi connectivity index (χ3v) is 1.99. The monoisotopic (exact) mass is 212 g/mol. The number of rotatable bonds is 3. The summed E-state index contributed by atoms with van der Waals surface area (Å²) in [4.78, 5) is 0. The fourth-order valence-corrected chi connectivity index (χ4v) is 1.32. The SMILES string of the molecule is Cl.NCCCn1nnc2ccccc21. The molecule has 0 saturated carbocycles. The first-order valence-corrected chi connectivity index (χ1v) is 4.40. The maximum atomic E-state index is 5.43. The Morgan fingerprint density at radius 1 is 1.29 bits per heavy atom. The predicted octanol–water partition coefficient (Wildman–Crippen LogP) is 1.20. The maximum absolute atomic E-state index is 5.43. The minimum absolute atomic E-state index is 0. The van der Waals surface area contributed by atoms with Crippen molar-refractivity contribution >= 4 is 23.4 Å². The van der Waals surface area contributed by atoms with Crippen molar-refractivity contribution in [1.29, 1.82) is 0 Å². The van der Waals surface area contributed by atoms with E-state index in [0.717, 1.165) is 24.0 Å². The van der Waals surface area contributed by atoms with Crippen LogP contribution in [0.2, 0.25) is 0 Å². The number of para-hydroxylation sites is 1. The molecule has 0 fully saturated rings. The first-order chi connectivity index (χ1) is 6.42. The molecule has 0 aliphatic rings. The molecular formula is C9H13ClN4. The Bertz CT molecular complexity index is 398. The zero-order chi connectivity index (χ0) is 9.10. The van der Waals surface area contributed by atoms with E-state index in [4.69, 9.17) is 5.73 Å². The van der Waals surface area contributed by atoms with Crippen LogP contribution in [0, 0.1) is 0 Å². The van der Waals surface area contributed by atoms with Gasteiger partial charge >= 0.3 is 0 Å². The minimum atomic E-state index is 0. The lowest BCUT2D eigenvalue weighted by atomic mass is 10.3. The van der Waals surface area contributed by atoms with Gasteiger partial charge in [0.15, 0.2) is 0 Å². The Labute approximate surface area is 88.5 Å². The van der Waals surface area contributed by atoms with Crippen LogP contribution in [0.5, 0.6) is 0 Å². The second-order valence-electron chi connectivity index (χ2n) is 2.94. The number of nitrogens with two attached hydrogens (primary N) is 1. The van der Waals surface area contributed by atoms with Gasteiger partial charge in [0.25, 0.3) is 0 Å². The van der Waals surface area contributed by atoms with E-state index < -0.39 is 0 Å². The summed E-state index contributed by atoms with van der Waals surface area (Å²) in [6, 6.07) is 7.93. The highest BCUT2D eigenvalue weighted by atomic mass is 35.5. The average molecular weight is 213 g/mol. The summed E-state index contributed by atoms with van der Waals surface area (Å²) in [5.41, 5.74) is 7.45. The van der Waals surface area contributed by atoms with E-state index in [1.165, 1.54) is 0 Å². The molecule has 2 aromatic rings. The first-order valence-electron chi connectivity index (χ1n) is 4.40. The normalized spacial score (nSPS) is 10.1. The lowest BCUT2D eigenvalue weighted by Crippen LogP contribution is -2.06. The summed E-state index contributed by atoms with van der Waals surface area (Å²) < 4.78 is 1.89. The van der Waals surface area contributed by atoms with E-state index in [9.17, 15) is 0 Å². The van der Waals surface area contributed by atoms with Gasteiger partial charge in [0.2, 0.25) is 0 Å². The lowest BCUT2D eigenvalue weighted by molar-refractivity contribution is 0.579. The van der Waals surface area contributed by atoms with Crippen LogP contribution in [-0.4, -0.2) is 21.5 Å². The Balaban J connectivity index is 0.000000980. The number of aromatic nitrogens is 3. The standard InChI is InChI=1S/C9H12N4.ClH/c10-6-3-7-13-9-5-2-1-4-8(9)11-12-13;/h1-2,4-5H,3,6-7,10H2;1H. The van der Waals surface area contributed by atoms with Gasteiger partial charge in [-0.25, -0.2) is 4.68 Å². The van der Waals surface area contributed by atoms with E-state index in [1.807, 2.05) is 28.9 Å². The highest BCUT2D eigenvalue weighted by molar-refractivity contribution is 5.85. The van der Waals surface area contributed by atoms with E-state index in [0.29, 0.717) is 6.54 Å². The number of hydrogen-bond donors (Lipinski definition) is 1. The van der Waals surface area contributed by atoms with Crippen LogP contribution < -0.4 is 5.73 Å². The van der Waals surface area contributed by atoms with Gasteiger partial charge in [-0.05, 0) is 25.1 Å². The van der Waals surface area contributed by atoms with E-state index in [-0.39, 0.29) is 12.4 Å². The van der Waals surface area contributed by atoms with Crippen LogP contribution in [0.15, 0.2) is 24.3 Å². The molecule has 5 heteroatoms. The topological polar surface area (TPSA) is 56.7 Å². The molecule has 0 aliphatic carbocycles. The fraction of sp³-hybridized carbons (Fsp3) is 0.333. The highest BCUT2D eigenvalue weighted by Crippen LogP contribution is 2.09. The summed E-state index contributed by atoms with van der Waals surface area (Å²) in [6.07, 6.45) is 0.938. The van der Waals surface area contributed by atoms with Gasteiger partial charge in [0, 0.05) is 6.54 Å². The molecule has 0 bridgehead atoms. The second-order valence-corrected chi connectivity index (χ2v) is 2.94. The third kappa shape index (κ3) is 2.02. The van der Waals surface area contributed by atoms with Crippen molar-refractivity contribution in [2.75, 3.05) is 6.54 Å². The Kier molecular flexibility index (Phi) is 3.85. The molecule has 0 atom stereocenters. The van der Waals surface area contributed by atoms with Crippen molar-refractivity contribution in [3.8, 4) is 0 Å². The van der Waals surface area contributed by atoms with Gasteiger partial charge in [-0.2, -0.15) is 0 Å². The molecule has 14 heavy (non-hydrogen) atoms. The second kappa shape index (κ2) is 4.93. The van der Waals surface area contributed by atoms with E-state index in [2.05, 4.69) is 10.3 Å². The first kappa shape index (κ1) is 10.9. The van der Waals surface area contributed by atoms with Crippen molar-refractivity contribution in [1.82, 2.24) is 15.0 Å². The number of fused-ring (bicyclic) bond motifs is 1. The third-order valence-electron chi connectivity index (χ3n) is 1.99. The largest absolute Gasteiger partial charge is 0.330 e. The summed E-state index contributed by atoms with van der Waals surface area (Å²) in [5.74, 6) is 0. The summed E-state index contributed by atoms with van der Waals surface area (Å²) in [5, 5.41) is 8.09. The predicted molar refractivity (Wildman–Crippen MR) is 58.4 cm³/mol. The maximum Gasteiger partial charge on any atom is 0.113 e. The summed E-state index contributed by atoms with van der Waals surface area (Å²) >= 11 is 0. The van der Waals surface area contributed by atoms with Crippen LogP contribution in [0.25, 0.3) is 11.0 Å². The van der Waals surface area contributed by atoms with Crippen LogP contribution in [0.1, 0.15) is 6.42 Å². The zero-order valence-corrected chi connectivity index (χ0v) is 8.57. The molecule has 0 spiro atoms. The number of nitrogens with zero attached hydrogens (tertiary/aromatic N) is 3. The molecule has 1 aromatic carbocycles. The van der Waals surface area contributed by atoms with Crippen molar-refractivity contribution in [2.45, 2.75) is 13.0 Å². The molecule has 4 nitrogen and oxygen atoms in total. The van der Waals surface area contributed by atoms with Gasteiger partial charge in [0.1, 0.15) is 5.52 Å². The summed E-state index contributed by atoms with van der Waals surface area (Å²) in [7, 11) is 0. The quantitative estimate of drug-likeness (QED) is 0.832. The Morgan fingerprint density at radius 3 is 2.86 bits per heavy atom. The molecule has 0 unspecified atom stereocenters. The molecule has 0 aliphatic heterocycles. The molecule has 1 aromatic heterocycles. The van der Waals surface area contributed by atoms with Crippen LogP contribution >= 0.6 is 12.4 Å². The molecule has 0 radical (unpaired) electrons. The highest BCUT2D eigenvalue weighted by Gasteiger charge is 2.00. The Hall–Kier alpha value is -1.13. The molecule has 76 valence electrons. The van der Waals surface area contributed by atoms with Gasteiger partial charge in [-0.1, -0.05) is 17.3 Å². The number of hydrogen-bond acceptors (Lipinski definition) is 3. The number of aryl methyl sites for hydroxylation is 1. The molecular weight excluding hydrogens is 200 g/mol. The van der Waals surface area contributed by atoms with E-state index >= 15 is 0 Å². The number of halogens is 1. The van der Waals surface area contributed by atoms with Crippen LogP contribution in [0.3, 0.4) is 0 Å². The zero-order valence-electron chi connectivity index (χ0n) is 7.76. The van der Waals surface area contributed by atoms with Crippen molar-refractivity contribution in [3.63, 3.8) is 0 Å². The summed E-state index contributed by atoms with van der Waals surface area (Å²) in [6.45, 7) is 1.53.